The normalized spacial score (nSPS) is 18.3. The number of nitrogens with one attached hydrogen (secondary N) is 3. The van der Waals surface area contributed by atoms with Gasteiger partial charge in [-0.15, -0.1) is 11.8 Å². The number of fused-ring (bicyclic) bond motifs is 1. The number of nitrogens with zero attached hydrogens (tertiary/aromatic N) is 1. The summed E-state index contributed by atoms with van der Waals surface area (Å²) in [4.78, 5) is 74.7. The molecule has 0 spiro atoms. The molecule has 1 fully saturated rings. The van der Waals surface area contributed by atoms with Gasteiger partial charge in [-0.1, -0.05) is 12.1 Å². The molecule has 2 aliphatic rings. The average molecular weight is 581 g/mol. The number of benzene rings is 1. The zero-order chi connectivity index (χ0) is 28.3. The van der Waals surface area contributed by atoms with Crippen LogP contribution in [0.15, 0.2) is 58.3 Å². The van der Waals surface area contributed by atoms with Crippen molar-refractivity contribution in [3.63, 3.8) is 0 Å². The van der Waals surface area contributed by atoms with Crippen LogP contribution in [0.25, 0.3) is 0 Å². The Kier molecular flexibility index (Phi) is 10.0. The Morgan fingerprint density at radius 2 is 1.90 bits per heavy atom. The van der Waals surface area contributed by atoms with Crippen molar-refractivity contribution in [1.29, 1.82) is 0 Å². The molecule has 0 aliphatic carbocycles. The minimum Gasteiger partial charge on any atom is -0.543 e. The van der Waals surface area contributed by atoms with Gasteiger partial charge in [0.15, 0.2) is 5.76 Å². The van der Waals surface area contributed by atoms with Gasteiger partial charge >= 0.3 is 41.6 Å². The van der Waals surface area contributed by atoms with Gasteiger partial charge in [0.1, 0.15) is 29.8 Å². The molecule has 0 radical (unpaired) electrons. The number of carbonyl (C=O) groups excluding carboxylic acids is 6. The number of carboxylic acids is 1. The number of phenols is 1. The number of furan rings is 1. The van der Waals surface area contributed by atoms with Crippen LogP contribution in [0.4, 0.5) is 4.79 Å². The summed E-state index contributed by atoms with van der Waals surface area (Å²) in [5.74, 6) is -4.88. The van der Waals surface area contributed by atoms with Crippen molar-refractivity contribution in [3.8, 4) is 5.75 Å². The van der Waals surface area contributed by atoms with Crippen LogP contribution < -0.4 is 50.6 Å². The van der Waals surface area contributed by atoms with E-state index in [1.54, 1.807) is 0 Å². The van der Waals surface area contributed by atoms with Gasteiger partial charge in [0.2, 0.25) is 5.91 Å². The first kappa shape index (κ1) is 30.7. The number of aromatic hydroxyl groups is 1. The van der Waals surface area contributed by atoms with Gasteiger partial charge in [0, 0.05) is 18.2 Å². The summed E-state index contributed by atoms with van der Waals surface area (Å²) in [6, 6.07) is 4.43. The van der Waals surface area contributed by atoms with Crippen molar-refractivity contribution < 1.29 is 77.7 Å². The van der Waals surface area contributed by atoms with Gasteiger partial charge in [0.25, 0.3) is 11.8 Å². The summed E-state index contributed by atoms with van der Waals surface area (Å²) in [5.41, 5.74) is -0.0459. The van der Waals surface area contributed by atoms with Gasteiger partial charge in [-0.05, 0) is 29.8 Å². The number of imide groups is 1. The molecule has 4 N–H and O–H groups in total. The summed E-state index contributed by atoms with van der Waals surface area (Å²) < 4.78 is 9.80. The Morgan fingerprint density at radius 1 is 1.20 bits per heavy atom. The molecule has 204 valence electrons. The molecule has 2 aliphatic heterocycles. The van der Waals surface area contributed by atoms with E-state index in [2.05, 4.69) is 10.6 Å². The summed E-state index contributed by atoms with van der Waals surface area (Å²) in [6.45, 7) is 0.821. The molecular weight excluding hydrogens is 559 g/mol. The van der Waals surface area contributed by atoms with E-state index >= 15 is 0 Å². The molecule has 3 heterocycles. The van der Waals surface area contributed by atoms with Gasteiger partial charge in [-0.25, -0.2) is 4.79 Å². The molecule has 1 unspecified atom stereocenters. The van der Waals surface area contributed by atoms with Crippen LogP contribution in [0.2, 0.25) is 0 Å². The predicted molar refractivity (Wildman–Crippen MR) is 129 cm³/mol. The number of hydrogen-bond acceptors (Lipinski definition) is 11. The second kappa shape index (κ2) is 13.0. The SMILES string of the molecule is CC(=O)OCC1=C(C(=O)[O-])N2C(=O)[C@@H](NC(=O)C(NC(=O)NC(=O)c3ccco3)c3ccc(O)cc3)[C@H]2SC1.[Na+]. The number of phenolic OH excluding ortho intramolecular Hbond substituents is 1. The molecule has 0 bridgehead atoms. The van der Waals surface area contributed by atoms with Crippen molar-refractivity contribution in [2.45, 2.75) is 24.4 Å². The van der Waals surface area contributed by atoms with Gasteiger partial charge in [-0.3, -0.25) is 29.4 Å². The molecule has 1 aromatic carbocycles. The summed E-state index contributed by atoms with van der Waals surface area (Å²) in [5, 5.41) is 27.5. The first-order valence-corrected chi connectivity index (χ1v) is 12.4. The number of amides is 5. The zero-order valence-electron chi connectivity index (χ0n) is 21.2. The first-order valence-electron chi connectivity index (χ1n) is 11.3. The van der Waals surface area contributed by atoms with Crippen molar-refractivity contribution in [2.75, 3.05) is 12.4 Å². The van der Waals surface area contributed by atoms with Crippen molar-refractivity contribution in [2.24, 2.45) is 0 Å². The fourth-order valence-corrected chi connectivity index (χ4v) is 5.24. The van der Waals surface area contributed by atoms with Gasteiger partial charge in [-0.2, -0.15) is 0 Å². The maximum Gasteiger partial charge on any atom is 1.00 e. The van der Waals surface area contributed by atoms with Gasteiger partial charge in [0.05, 0.1) is 17.9 Å². The maximum absolute atomic E-state index is 13.3. The minimum atomic E-state index is -1.64. The molecule has 14 nitrogen and oxygen atoms in total. The number of ether oxygens (including phenoxy) is 1. The van der Waals surface area contributed by atoms with Crippen LogP contribution in [-0.4, -0.2) is 69.5 Å². The number of rotatable bonds is 8. The third-order valence-corrected chi connectivity index (χ3v) is 7.06. The Morgan fingerprint density at radius 3 is 2.50 bits per heavy atom. The van der Waals surface area contributed by atoms with E-state index in [9.17, 15) is 39.0 Å². The van der Waals surface area contributed by atoms with Crippen LogP contribution in [0.1, 0.15) is 29.1 Å². The van der Waals surface area contributed by atoms with Crippen LogP contribution in [0, 0.1) is 0 Å². The Balaban J connectivity index is 0.00000441. The molecule has 5 amide bonds. The zero-order valence-corrected chi connectivity index (χ0v) is 24.0. The fourth-order valence-electron chi connectivity index (χ4n) is 3.91. The van der Waals surface area contributed by atoms with E-state index in [1.165, 1.54) is 42.7 Å². The number of urea groups is 1. The number of esters is 1. The van der Waals surface area contributed by atoms with Crippen LogP contribution >= 0.6 is 11.8 Å². The number of carboxylic acid groups (broad SMARTS) is 1. The molecule has 16 heteroatoms. The molecule has 0 saturated carbocycles. The molecule has 1 aromatic heterocycles. The first-order chi connectivity index (χ1) is 18.6. The molecule has 3 atom stereocenters. The van der Waals surface area contributed by atoms with Crippen LogP contribution in [0.3, 0.4) is 0 Å². The van der Waals surface area contributed by atoms with Crippen molar-refractivity contribution in [1.82, 2.24) is 20.9 Å². The molecule has 4 rings (SSSR count). The average Bonchev–Trinajstić information content (AvgIpc) is 3.44. The van der Waals surface area contributed by atoms with Gasteiger partial charge < -0.3 is 34.8 Å². The number of carbonyl (C=O) groups is 6. The second-order valence-electron chi connectivity index (χ2n) is 8.35. The molecule has 1 saturated heterocycles. The Hall–Kier alpha value is -3.79. The van der Waals surface area contributed by atoms with E-state index in [-0.39, 0.29) is 64.6 Å². The van der Waals surface area contributed by atoms with Crippen molar-refractivity contribution >= 4 is 47.5 Å². The minimum absolute atomic E-state index is 0. The topological polar surface area (TPSA) is 207 Å². The number of thioether (sulfide) groups is 1. The largest absolute Gasteiger partial charge is 1.00 e. The van der Waals surface area contributed by atoms with E-state index in [4.69, 9.17) is 9.15 Å². The standard InChI is InChI=1S/C24H22N4O10S.Na/c1-11(29)38-9-13-10-39-22-17(21(33)28(22)18(13)23(34)35)25-20(32)16(12-4-6-14(30)7-5-12)26-24(36)27-19(31)15-3-2-8-37-15;/h2-8,16-17,22,30H,9-10H2,1H3,(H,25,32)(H,34,35)(H2,26,27,31,36);/q;+1/p-1/t16?,17-,22-;/m1./s1. The summed E-state index contributed by atoms with van der Waals surface area (Å²) >= 11 is 1.14. The molecule has 2 aromatic rings. The van der Waals surface area contributed by atoms with Crippen LogP contribution in [0.5, 0.6) is 5.75 Å². The molecular formula is C24H21N4NaO10S. The van der Waals surface area contributed by atoms with E-state index in [0.717, 1.165) is 23.6 Å². The third-order valence-electron chi connectivity index (χ3n) is 5.72. The van der Waals surface area contributed by atoms with E-state index in [0.29, 0.717) is 0 Å². The fraction of sp³-hybridized carbons (Fsp3) is 0.250. The predicted octanol–water partition coefficient (Wildman–Crippen LogP) is -3.86. The third kappa shape index (κ3) is 6.67. The van der Waals surface area contributed by atoms with Crippen molar-refractivity contribution in [3.05, 3.63) is 65.3 Å². The monoisotopic (exact) mass is 580 g/mol. The Bertz CT molecular complexity index is 1360. The number of hydrogen-bond donors (Lipinski definition) is 4. The number of aliphatic carboxylic acids is 1. The number of β-lactam (4-membered cyclic amide) rings is 1. The summed E-state index contributed by atoms with van der Waals surface area (Å²) in [7, 11) is 0. The second-order valence-corrected chi connectivity index (χ2v) is 9.45. The van der Waals surface area contributed by atoms with E-state index < -0.39 is 58.8 Å². The quantitative estimate of drug-likeness (QED) is 0.135. The van der Waals surface area contributed by atoms with E-state index in [1.807, 2.05) is 5.32 Å². The Labute approximate surface area is 252 Å². The summed E-state index contributed by atoms with van der Waals surface area (Å²) in [6.07, 6.45) is 1.24. The maximum atomic E-state index is 13.3. The smallest absolute Gasteiger partial charge is 0.543 e. The molecule has 40 heavy (non-hydrogen) atoms. The van der Waals surface area contributed by atoms with Crippen LogP contribution in [-0.2, 0) is 23.9 Å².